The van der Waals surface area contributed by atoms with Gasteiger partial charge in [0.15, 0.2) is 0 Å². The average Bonchev–Trinajstić information content (AvgIpc) is 2.16. The molecule has 0 N–H and O–H groups in total. The Morgan fingerprint density at radius 2 is 1.93 bits per heavy atom. The number of hydrogen-bond donors (Lipinski definition) is 0. The third-order valence-corrected chi connectivity index (χ3v) is 1.74. The monoisotopic (exact) mass is 200 g/mol. The lowest BCUT2D eigenvalue weighted by atomic mass is 10.5. The number of rotatable bonds is 2. The topological polar surface area (TPSA) is 59.0 Å². The van der Waals surface area contributed by atoms with Crippen LogP contribution in [0.4, 0.5) is 0 Å². The SMILES string of the molecule is CCOC(=O)C(=O)N=C(C)N(C)CC. The molecule has 0 rings (SSSR count). The van der Waals surface area contributed by atoms with Crippen molar-refractivity contribution < 1.29 is 14.3 Å². The summed E-state index contributed by atoms with van der Waals surface area (Å²) in [5, 5.41) is 0. The minimum atomic E-state index is -0.906. The van der Waals surface area contributed by atoms with E-state index in [4.69, 9.17) is 0 Å². The summed E-state index contributed by atoms with van der Waals surface area (Å²) < 4.78 is 4.50. The zero-order valence-electron chi connectivity index (χ0n) is 9.03. The highest BCUT2D eigenvalue weighted by Gasteiger charge is 2.14. The molecule has 80 valence electrons. The van der Waals surface area contributed by atoms with E-state index >= 15 is 0 Å². The lowest BCUT2D eigenvalue weighted by Crippen LogP contribution is -2.26. The van der Waals surface area contributed by atoms with Gasteiger partial charge in [-0.05, 0) is 20.8 Å². The second-order valence-corrected chi connectivity index (χ2v) is 2.70. The van der Waals surface area contributed by atoms with Gasteiger partial charge in [-0.25, -0.2) is 4.79 Å². The smallest absolute Gasteiger partial charge is 0.399 e. The third-order valence-electron chi connectivity index (χ3n) is 1.74. The van der Waals surface area contributed by atoms with Crippen LogP contribution in [0, 0.1) is 0 Å². The lowest BCUT2D eigenvalue weighted by Gasteiger charge is -2.14. The van der Waals surface area contributed by atoms with Crippen LogP contribution in [0.15, 0.2) is 4.99 Å². The highest BCUT2D eigenvalue weighted by Crippen LogP contribution is 1.90. The number of nitrogens with zero attached hydrogens (tertiary/aromatic N) is 2. The second-order valence-electron chi connectivity index (χ2n) is 2.70. The molecule has 0 spiro atoms. The number of carbonyl (C=O) groups is 2. The first-order valence-electron chi connectivity index (χ1n) is 4.50. The standard InChI is InChI=1S/C9H16N2O3/c1-5-11(4)7(3)10-8(12)9(13)14-6-2/h5-6H2,1-4H3. The summed E-state index contributed by atoms with van der Waals surface area (Å²) in [6, 6.07) is 0. The van der Waals surface area contributed by atoms with Gasteiger partial charge in [0.2, 0.25) is 0 Å². The molecular formula is C9H16N2O3. The van der Waals surface area contributed by atoms with E-state index in [-0.39, 0.29) is 6.61 Å². The number of amidine groups is 1. The maximum Gasteiger partial charge on any atom is 0.399 e. The van der Waals surface area contributed by atoms with E-state index in [0.717, 1.165) is 6.54 Å². The van der Waals surface area contributed by atoms with Crippen LogP contribution in [0.5, 0.6) is 0 Å². The van der Waals surface area contributed by atoms with Crippen molar-refractivity contribution in [3.05, 3.63) is 0 Å². The van der Waals surface area contributed by atoms with Gasteiger partial charge in [0, 0.05) is 13.6 Å². The molecule has 0 radical (unpaired) electrons. The van der Waals surface area contributed by atoms with Gasteiger partial charge in [-0.15, -0.1) is 0 Å². The van der Waals surface area contributed by atoms with Crippen LogP contribution < -0.4 is 0 Å². The number of hydrogen-bond acceptors (Lipinski definition) is 3. The molecule has 0 fully saturated rings. The van der Waals surface area contributed by atoms with Gasteiger partial charge in [0.1, 0.15) is 5.84 Å². The van der Waals surface area contributed by atoms with Crippen LogP contribution in [0.25, 0.3) is 0 Å². The Balaban J connectivity index is 4.35. The van der Waals surface area contributed by atoms with Gasteiger partial charge in [0.05, 0.1) is 6.61 Å². The van der Waals surface area contributed by atoms with Gasteiger partial charge in [-0.3, -0.25) is 4.79 Å². The number of ether oxygens (including phenoxy) is 1. The van der Waals surface area contributed by atoms with E-state index in [0.29, 0.717) is 5.84 Å². The first-order valence-corrected chi connectivity index (χ1v) is 4.50. The number of aliphatic imine (C=N–C) groups is 1. The predicted molar refractivity (Wildman–Crippen MR) is 53.1 cm³/mol. The van der Waals surface area contributed by atoms with Crippen LogP contribution >= 0.6 is 0 Å². The van der Waals surface area contributed by atoms with Crippen molar-refractivity contribution in [1.82, 2.24) is 4.90 Å². The first-order chi connectivity index (χ1) is 6.52. The molecule has 0 saturated carbocycles. The fourth-order valence-electron chi connectivity index (χ4n) is 0.700. The summed E-state index contributed by atoms with van der Waals surface area (Å²) in [5.41, 5.74) is 0. The highest BCUT2D eigenvalue weighted by atomic mass is 16.5. The molecule has 0 heterocycles. The molecule has 0 aromatic rings. The van der Waals surface area contributed by atoms with Crippen LogP contribution in [-0.4, -0.2) is 42.8 Å². The largest absolute Gasteiger partial charge is 0.459 e. The average molecular weight is 200 g/mol. The molecule has 0 aliphatic heterocycles. The molecule has 0 aliphatic rings. The van der Waals surface area contributed by atoms with E-state index in [1.54, 1.807) is 25.8 Å². The van der Waals surface area contributed by atoms with Gasteiger partial charge >= 0.3 is 11.9 Å². The van der Waals surface area contributed by atoms with E-state index in [9.17, 15) is 9.59 Å². The van der Waals surface area contributed by atoms with Crippen LogP contribution in [0.1, 0.15) is 20.8 Å². The summed E-state index contributed by atoms with van der Waals surface area (Å²) in [7, 11) is 1.79. The molecule has 0 saturated heterocycles. The fraction of sp³-hybridized carbons (Fsp3) is 0.667. The van der Waals surface area contributed by atoms with Gasteiger partial charge in [-0.2, -0.15) is 4.99 Å². The summed E-state index contributed by atoms with van der Waals surface area (Å²) >= 11 is 0. The van der Waals surface area contributed by atoms with Gasteiger partial charge < -0.3 is 9.64 Å². The first kappa shape index (κ1) is 12.6. The van der Waals surface area contributed by atoms with Gasteiger partial charge in [-0.1, -0.05) is 0 Å². The third kappa shape index (κ3) is 4.02. The summed E-state index contributed by atoms with van der Waals surface area (Å²) in [5.74, 6) is -1.26. The van der Waals surface area contributed by atoms with Crippen molar-refractivity contribution >= 4 is 17.7 Å². The minimum absolute atomic E-state index is 0.183. The van der Waals surface area contributed by atoms with E-state index in [1.807, 2.05) is 6.92 Å². The van der Waals surface area contributed by atoms with Crippen molar-refractivity contribution in [1.29, 1.82) is 0 Å². The molecule has 0 bridgehead atoms. The highest BCUT2D eigenvalue weighted by molar-refractivity contribution is 6.34. The number of amides is 1. The molecule has 5 heteroatoms. The Kier molecular flexibility index (Phi) is 5.52. The van der Waals surface area contributed by atoms with E-state index in [2.05, 4.69) is 9.73 Å². The van der Waals surface area contributed by atoms with Gasteiger partial charge in [0.25, 0.3) is 0 Å². The predicted octanol–water partition coefficient (Wildman–Crippen LogP) is 0.446. The van der Waals surface area contributed by atoms with Crippen LogP contribution in [0.2, 0.25) is 0 Å². The second kappa shape index (κ2) is 6.12. The normalized spacial score (nSPS) is 11.0. The lowest BCUT2D eigenvalue weighted by molar-refractivity contribution is -0.152. The molecule has 0 aromatic heterocycles. The van der Waals surface area contributed by atoms with Crippen LogP contribution in [-0.2, 0) is 14.3 Å². The van der Waals surface area contributed by atoms with Crippen molar-refractivity contribution in [2.24, 2.45) is 4.99 Å². The van der Waals surface area contributed by atoms with Crippen molar-refractivity contribution in [2.45, 2.75) is 20.8 Å². The zero-order chi connectivity index (χ0) is 11.1. The summed E-state index contributed by atoms with van der Waals surface area (Å²) in [6.45, 7) is 6.14. The zero-order valence-corrected chi connectivity index (χ0v) is 9.03. The van der Waals surface area contributed by atoms with E-state index in [1.165, 1.54) is 0 Å². The Morgan fingerprint density at radius 1 is 1.36 bits per heavy atom. The molecule has 0 aromatic carbocycles. The summed E-state index contributed by atoms with van der Waals surface area (Å²) in [6.07, 6.45) is 0. The molecule has 0 atom stereocenters. The Morgan fingerprint density at radius 3 is 2.36 bits per heavy atom. The fourth-order valence-corrected chi connectivity index (χ4v) is 0.700. The molecule has 0 aliphatic carbocycles. The van der Waals surface area contributed by atoms with Crippen LogP contribution in [0.3, 0.4) is 0 Å². The Labute approximate surface area is 83.8 Å². The van der Waals surface area contributed by atoms with E-state index < -0.39 is 11.9 Å². The molecule has 0 unspecified atom stereocenters. The summed E-state index contributed by atoms with van der Waals surface area (Å²) in [4.78, 5) is 27.3. The Bertz CT molecular complexity index is 248. The quantitative estimate of drug-likeness (QED) is 0.281. The molecule has 14 heavy (non-hydrogen) atoms. The Hall–Kier alpha value is -1.39. The number of carbonyl (C=O) groups excluding carboxylic acids is 2. The molecular weight excluding hydrogens is 184 g/mol. The number of esters is 1. The molecule has 5 nitrogen and oxygen atoms in total. The van der Waals surface area contributed by atoms with Crippen molar-refractivity contribution in [3.63, 3.8) is 0 Å². The maximum absolute atomic E-state index is 11.1. The molecule has 1 amide bonds. The van der Waals surface area contributed by atoms with Crippen molar-refractivity contribution in [3.8, 4) is 0 Å². The maximum atomic E-state index is 11.1. The van der Waals surface area contributed by atoms with Crippen molar-refractivity contribution in [2.75, 3.05) is 20.2 Å². The minimum Gasteiger partial charge on any atom is -0.459 e.